The summed E-state index contributed by atoms with van der Waals surface area (Å²) in [5.41, 5.74) is -0.812. The summed E-state index contributed by atoms with van der Waals surface area (Å²) in [4.78, 5) is 29.9. The monoisotopic (exact) mass is 590 g/mol. The third kappa shape index (κ3) is 2.76. The molecule has 2 saturated carbocycles. The molecule has 4 atom stereocenters. The van der Waals surface area contributed by atoms with Gasteiger partial charge >= 0.3 is 0 Å². The van der Waals surface area contributed by atoms with E-state index in [1.54, 1.807) is 0 Å². The normalized spacial score (nSPS) is 42.7. The minimum atomic E-state index is -0.406. The zero-order valence-corrected chi connectivity index (χ0v) is 20.5. The molecule has 3 rings (SSSR count). The summed E-state index contributed by atoms with van der Waals surface area (Å²) >= 11 is 14.3. The molecule has 24 heavy (non-hydrogen) atoms. The van der Waals surface area contributed by atoms with Crippen molar-refractivity contribution in [1.29, 1.82) is 0 Å². The molecule has 0 aromatic carbocycles. The Labute approximate surface area is 177 Å². The second kappa shape index (κ2) is 5.68. The predicted molar refractivity (Wildman–Crippen MR) is 109 cm³/mol. The molecule has 0 radical (unpaired) electrons. The molecule has 0 unspecified atom stereocenters. The number of amides is 2. The maximum Gasteiger partial charge on any atom is 0.231 e. The Balaban J connectivity index is 1.72. The number of carbonyl (C=O) groups excluding carboxylic acids is 2. The second-order valence-electron chi connectivity index (χ2n) is 8.04. The Morgan fingerprint density at radius 2 is 1.04 bits per heavy atom. The maximum absolute atomic E-state index is 13.0. The Morgan fingerprint density at radius 1 is 0.792 bits per heavy atom. The Bertz CT molecular complexity index is 559. The van der Waals surface area contributed by atoms with Crippen molar-refractivity contribution >= 4 is 75.5 Å². The van der Waals surface area contributed by atoms with Gasteiger partial charge in [0.1, 0.15) is 0 Å². The quantitative estimate of drug-likeness (QED) is 0.450. The van der Waals surface area contributed by atoms with Crippen molar-refractivity contribution in [3.05, 3.63) is 0 Å². The molecule has 2 aliphatic carbocycles. The van der Waals surface area contributed by atoms with Crippen LogP contribution in [-0.4, -0.2) is 53.3 Å². The van der Waals surface area contributed by atoms with Crippen LogP contribution >= 0.6 is 63.7 Å². The van der Waals surface area contributed by atoms with Crippen LogP contribution in [0.25, 0.3) is 0 Å². The van der Waals surface area contributed by atoms with Gasteiger partial charge in [-0.3, -0.25) is 9.59 Å². The molecule has 0 aromatic rings. The molecule has 0 bridgehead atoms. The predicted octanol–water partition coefficient (Wildman–Crippen LogP) is 4.23. The van der Waals surface area contributed by atoms with Crippen LogP contribution in [0.3, 0.4) is 0 Å². The minimum Gasteiger partial charge on any atom is -0.336 e. The first-order valence-corrected chi connectivity index (χ1v) is 11.3. The van der Waals surface area contributed by atoms with Gasteiger partial charge in [-0.15, -0.1) is 0 Å². The summed E-state index contributed by atoms with van der Waals surface area (Å²) in [6, 6.07) is 0.0431. The Morgan fingerprint density at radius 3 is 1.25 bits per heavy atom. The molecule has 4 nitrogen and oxygen atoms in total. The summed E-state index contributed by atoms with van der Waals surface area (Å²) in [6.07, 6.45) is 1.57. The highest BCUT2D eigenvalue weighted by Crippen LogP contribution is 2.68. The van der Waals surface area contributed by atoms with Crippen molar-refractivity contribution in [3.8, 4) is 0 Å². The lowest BCUT2D eigenvalue weighted by atomic mass is 10.00. The number of piperazine rings is 1. The van der Waals surface area contributed by atoms with Crippen LogP contribution in [0.2, 0.25) is 0 Å². The van der Waals surface area contributed by atoms with Crippen molar-refractivity contribution in [2.75, 3.05) is 13.1 Å². The average molecular weight is 594 g/mol. The van der Waals surface area contributed by atoms with Gasteiger partial charge in [0.25, 0.3) is 0 Å². The fourth-order valence-electron chi connectivity index (χ4n) is 3.59. The van der Waals surface area contributed by atoms with Crippen LogP contribution in [-0.2, 0) is 9.59 Å². The molecule has 0 spiro atoms. The summed E-state index contributed by atoms with van der Waals surface area (Å²) in [6.45, 7) is 9.22. The highest BCUT2D eigenvalue weighted by Gasteiger charge is 2.69. The second-order valence-corrected chi connectivity index (χ2v) is 15.6. The lowest BCUT2D eigenvalue weighted by Crippen LogP contribution is -2.62. The van der Waals surface area contributed by atoms with Crippen LogP contribution in [0, 0.1) is 10.8 Å². The number of hydrogen-bond acceptors (Lipinski definition) is 2. The van der Waals surface area contributed by atoms with Crippen LogP contribution < -0.4 is 0 Å². The van der Waals surface area contributed by atoms with Gasteiger partial charge in [-0.05, 0) is 40.5 Å². The van der Waals surface area contributed by atoms with Gasteiger partial charge in [-0.1, -0.05) is 63.7 Å². The number of halogens is 4. The van der Waals surface area contributed by atoms with E-state index in [-0.39, 0.29) is 30.4 Å². The van der Waals surface area contributed by atoms with E-state index in [0.717, 1.165) is 12.8 Å². The van der Waals surface area contributed by atoms with Crippen LogP contribution in [0.4, 0.5) is 0 Å². The lowest BCUT2D eigenvalue weighted by molar-refractivity contribution is -0.151. The van der Waals surface area contributed by atoms with Gasteiger partial charge in [-0.25, -0.2) is 0 Å². The molecular formula is C16H22Br4N2O2. The summed E-state index contributed by atoms with van der Waals surface area (Å²) in [5.74, 6) is 0.325. The van der Waals surface area contributed by atoms with E-state index >= 15 is 0 Å². The van der Waals surface area contributed by atoms with Gasteiger partial charge in [0, 0.05) is 25.2 Å². The smallest absolute Gasteiger partial charge is 0.231 e. The summed E-state index contributed by atoms with van der Waals surface area (Å²) in [5, 5.41) is 0. The molecule has 1 heterocycles. The molecule has 136 valence electrons. The molecule has 8 heteroatoms. The molecule has 0 N–H and O–H groups in total. The zero-order chi connectivity index (χ0) is 18.3. The van der Waals surface area contributed by atoms with E-state index in [2.05, 4.69) is 63.7 Å². The van der Waals surface area contributed by atoms with Crippen molar-refractivity contribution in [2.24, 2.45) is 10.8 Å². The highest BCUT2D eigenvalue weighted by molar-refractivity contribution is 9.26. The van der Waals surface area contributed by atoms with Gasteiger partial charge in [0.05, 0.1) is 17.3 Å². The van der Waals surface area contributed by atoms with E-state index in [4.69, 9.17) is 0 Å². The molecule has 1 saturated heterocycles. The first kappa shape index (κ1) is 19.6. The van der Waals surface area contributed by atoms with Gasteiger partial charge in [0.15, 0.2) is 0 Å². The first-order chi connectivity index (χ1) is 10.8. The van der Waals surface area contributed by atoms with Crippen molar-refractivity contribution in [1.82, 2.24) is 9.80 Å². The van der Waals surface area contributed by atoms with Crippen LogP contribution in [0.15, 0.2) is 0 Å². The number of alkyl halides is 4. The van der Waals surface area contributed by atoms with Crippen LogP contribution in [0.5, 0.6) is 0 Å². The Kier molecular flexibility index (Phi) is 4.64. The summed E-state index contributed by atoms with van der Waals surface area (Å²) < 4.78 is -0.569. The third-order valence-electron chi connectivity index (χ3n) is 5.97. The number of hydrogen-bond donors (Lipinski definition) is 0. The molecular weight excluding hydrogens is 572 g/mol. The van der Waals surface area contributed by atoms with Crippen molar-refractivity contribution in [3.63, 3.8) is 0 Å². The number of rotatable bonds is 2. The minimum absolute atomic E-state index is 0.0216. The van der Waals surface area contributed by atoms with Crippen LogP contribution in [0.1, 0.15) is 40.5 Å². The lowest BCUT2D eigenvalue weighted by Gasteiger charge is -2.46. The van der Waals surface area contributed by atoms with E-state index in [0.29, 0.717) is 13.1 Å². The van der Waals surface area contributed by atoms with E-state index in [1.165, 1.54) is 0 Å². The van der Waals surface area contributed by atoms with E-state index < -0.39 is 10.8 Å². The standard InChI is InChI=1S/C16H22Br4N2O2/c1-9-5-22(12(24)14(4)8-16(14,19)20)10(2)6-21(9)11(23)13(3)7-15(13,17)18/h9-10H,5-8H2,1-4H3/t9-,10+,13-,14-/m0/s1. The maximum atomic E-state index is 13.0. The molecule has 0 aromatic heterocycles. The summed E-state index contributed by atoms with van der Waals surface area (Å²) in [7, 11) is 0. The first-order valence-electron chi connectivity index (χ1n) is 8.15. The van der Waals surface area contributed by atoms with E-state index in [9.17, 15) is 9.59 Å². The average Bonchev–Trinajstić information content (AvgIpc) is 3.19. The third-order valence-corrected chi connectivity index (χ3v) is 10.6. The van der Waals surface area contributed by atoms with E-state index in [1.807, 2.05) is 37.5 Å². The SMILES string of the molecule is C[C@@H]1CN(C(=O)[C@]2(C)CC2(Br)Br)[C@@H](C)CN1C(=O)[C@]1(C)CC1(Br)Br. The molecule has 3 fully saturated rings. The number of nitrogens with zero attached hydrogens (tertiary/aromatic N) is 2. The fourth-order valence-corrected chi connectivity index (χ4v) is 6.51. The molecule has 3 aliphatic rings. The van der Waals surface area contributed by atoms with Crippen molar-refractivity contribution < 1.29 is 9.59 Å². The fraction of sp³-hybridized carbons (Fsp3) is 0.875. The van der Waals surface area contributed by atoms with Gasteiger partial charge in [-0.2, -0.15) is 0 Å². The molecule has 2 amide bonds. The zero-order valence-electron chi connectivity index (χ0n) is 14.2. The highest BCUT2D eigenvalue weighted by atomic mass is 79.9. The van der Waals surface area contributed by atoms with Crippen molar-refractivity contribution in [2.45, 2.75) is 59.1 Å². The van der Waals surface area contributed by atoms with Gasteiger partial charge in [0.2, 0.25) is 11.8 Å². The number of carbonyl (C=O) groups is 2. The largest absolute Gasteiger partial charge is 0.336 e. The molecule has 1 aliphatic heterocycles. The van der Waals surface area contributed by atoms with Gasteiger partial charge < -0.3 is 9.80 Å². The Hall–Kier alpha value is 0.860. The topological polar surface area (TPSA) is 40.6 Å².